The van der Waals surface area contributed by atoms with Crippen molar-refractivity contribution in [1.82, 2.24) is 15.0 Å². The SMILES string of the molecule is CC(=O)Nc1cn(CC(=O)Nc2ccccc2F)nn1. The van der Waals surface area contributed by atoms with Crippen LogP contribution in [-0.4, -0.2) is 26.8 Å². The van der Waals surface area contributed by atoms with Gasteiger partial charge in [0.05, 0.1) is 11.9 Å². The molecule has 8 heteroatoms. The molecule has 0 fully saturated rings. The van der Waals surface area contributed by atoms with Crippen LogP contribution in [0.5, 0.6) is 0 Å². The van der Waals surface area contributed by atoms with Crippen molar-refractivity contribution < 1.29 is 14.0 Å². The number of hydrogen-bond donors (Lipinski definition) is 2. The third-order valence-electron chi connectivity index (χ3n) is 2.30. The molecule has 2 N–H and O–H groups in total. The quantitative estimate of drug-likeness (QED) is 0.873. The van der Waals surface area contributed by atoms with Crippen LogP contribution in [0.2, 0.25) is 0 Å². The molecule has 7 nitrogen and oxygen atoms in total. The number of carbonyl (C=O) groups is 2. The third-order valence-corrected chi connectivity index (χ3v) is 2.30. The summed E-state index contributed by atoms with van der Waals surface area (Å²) in [6.07, 6.45) is 1.41. The van der Waals surface area contributed by atoms with E-state index in [4.69, 9.17) is 0 Å². The fourth-order valence-corrected chi connectivity index (χ4v) is 1.51. The van der Waals surface area contributed by atoms with Crippen LogP contribution in [0.25, 0.3) is 0 Å². The minimum absolute atomic E-state index is 0.0969. The number of benzene rings is 1. The first-order chi connectivity index (χ1) is 9.54. The van der Waals surface area contributed by atoms with Crippen LogP contribution in [0.1, 0.15) is 6.92 Å². The van der Waals surface area contributed by atoms with Gasteiger partial charge in [0, 0.05) is 6.92 Å². The molecule has 0 aliphatic heterocycles. The Labute approximate surface area is 113 Å². The zero-order chi connectivity index (χ0) is 14.5. The lowest BCUT2D eigenvalue weighted by atomic mass is 10.3. The van der Waals surface area contributed by atoms with E-state index in [0.29, 0.717) is 0 Å². The average molecular weight is 277 g/mol. The minimum Gasteiger partial charge on any atom is -0.322 e. The summed E-state index contributed by atoms with van der Waals surface area (Å²) in [4.78, 5) is 22.5. The summed E-state index contributed by atoms with van der Waals surface area (Å²) in [5, 5.41) is 12.2. The summed E-state index contributed by atoms with van der Waals surface area (Å²) < 4.78 is 14.6. The Kier molecular flexibility index (Phi) is 4.04. The highest BCUT2D eigenvalue weighted by atomic mass is 19.1. The van der Waals surface area contributed by atoms with Crippen LogP contribution >= 0.6 is 0 Å². The van der Waals surface area contributed by atoms with Gasteiger partial charge in [-0.1, -0.05) is 17.3 Å². The molecule has 0 aliphatic rings. The number of amides is 2. The van der Waals surface area contributed by atoms with Crippen molar-refractivity contribution in [3.8, 4) is 0 Å². The maximum atomic E-state index is 13.3. The van der Waals surface area contributed by atoms with Gasteiger partial charge in [0.25, 0.3) is 0 Å². The Morgan fingerprint density at radius 3 is 2.75 bits per heavy atom. The number of halogens is 1. The fraction of sp³-hybridized carbons (Fsp3) is 0.167. The van der Waals surface area contributed by atoms with Gasteiger partial charge in [0.1, 0.15) is 12.4 Å². The molecule has 2 rings (SSSR count). The lowest BCUT2D eigenvalue weighted by Gasteiger charge is -2.05. The van der Waals surface area contributed by atoms with Crippen LogP contribution in [0.4, 0.5) is 15.9 Å². The predicted octanol–water partition coefficient (Wildman–Crippen LogP) is 1.01. The van der Waals surface area contributed by atoms with E-state index in [1.165, 1.54) is 36.0 Å². The molecule has 0 saturated carbocycles. The number of carbonyl (C=O) groups excluding carboxylic acids is 2. The first-order valence-corrected chi connectivity index (χ1v) is 5.76. The van der Waals surface area contributed by atoms with E-state index in [0.717, 1.165) is 0 Å². The van der Waals surface area contributed by atoms with Gasteiger partial charge >= 0.3 is 0 Å². The molecular weight excluding hydrogens is 265 g/mol. The van der Waals surface area contributed by atoms with Crippen LogP contribution in [0.15, 0.2) is 30.5 Å². The molecule has 2 amide bonds. The van der Waals surface area contributed by atoms with Gasteiger partial charge in [-0.2, -0.15) is 0 Å². The Hall–Kier alpha value is -2.77. The molecule has 0 radical (unpaired) electrons. The highest BCUT2D eigenvalue weighted by Crippen LogP contribution is 2.12. The highest BCUT2D eigenvalue weighted by Gasteiger charge is 2.09. The summed E-state index contributed by atoms with van der Waals surface area (Å²) in [5.74, 6) is -1.00. The van der Waals surface area contributed by atoms with E-state index in [-0.39, 0.29) is 24.0 Å². The van der Waals surface area contributed by atoms with Crippen LogP contribution < -0.4 is 10.6 Å². The largest absolute Gasteiger partial charge is 0.322 e. The van der Waals surface area contributed by atoms with Crippen LogP contribution in [0.3, 0.4) is 0 Å². The van der Waals surface area contributed by atoms with Crippen molar-refractivity contribution in [3.05, 3.63) is 36.3 Å². The predicted molar refractivity (Wildman–Crippen MR) is 69.4 cm³/mol. The third kappa shape index (κ3) is 3.61. The van der Waals surface area contributed by atoms with E-state index < -0.39 is 11.7 Å². The van der Waals surface area contributed by atoms with E-state index >= 15 is 0 Å². The number of hydrogen-bond acceptors (Lipinski definition) is 4. The molecule has 1 heterocycles. The van der Waals surface area contributed by atoms with Crippen molar-refractivity contribution >= 4 is 23.3 Å². The van der Waals surface area contributed by atoms with Crippen LogP contribution in [-0.2, 0) is 16.1 Å². The first-order valence-electron chi connectivity index (χ1n) is 5.76. The fourth-order valence-electron chi connectivity index (χ4n) is 1.51. The van der Waals surface area contributed by atoms with E-state index in [1.54, 1.807) is 6.07 Å². The highest BCUT2D eigenvalue weighted by molar-refractivity contribution is 5.90. The monoisotopic (exact) mass is 277 g/mol. The second kappa shape index (κ2) is 5.91. The van der Waals surface area contributed by atoms with Crippen molar-refractivity contribution in [2.45, 2.75) is 13.5 Å². The van der Waals surface area contributed by atoms with Crippen LogP contribution in [0, 0.1) is 5.82 Å². The van der Waals surface area contributed by atoms with Gasteiger partial charge in [-0.25, -0.2) is 9.07 Å². The Balaban J connectivity index is 1.96. The van der Waals surface area contributed by atoms with E-state index in [9.17, 15) is 14.0 Å². The van der Waals surface area contributed by atoms with Gasteiger partial charge in [-0.05, 0) is 12.1 Å². The summed E-state index contributed by atoms with van der Waals surface area (Å²) in [6.45, 7) is 1.20. The molecule has 0 unspecified atom stereocenters. The standard InChI is InChI=1S/C12H12FN5O2/c1-8(19)14-11-6-18(17-16-11)7-12(20)15-10-5-3-2-4-9(10)13/h2-6H,7H2,1H3,(H,14,19)(H,15,20). The molecule has 0 aliphatic carbocycles. The normalized spacial score (nSPS) is 10.1. The maximum Gasteiger partial charge on any atom is 0.246 e. The molecular formula is C12H12FN5O2. The summed E-state index contributed by atoms with van der Waals surface area (Å²) in [5.41, 5.74) is 0.0969. The van der Waals surface area contributed by atoms with Gasteiger partial charge in [0.2, 0.25) is 11.8 Å². The maximum absolute atomic E-state index is 13.3. The lowest BCUT2D eigenvalue weighted by molar-refractivity contribution is -0.117. The zero-order valence-corrected chi connectivity index (χ0v) is 10.6. The van der Waals surface area contributed by atoms with Gasteiger partial charge < -0.3 is 10.6 Å². The van der Waals surface area contributed by atoms with Crippen molar-refractivity contribution in [2.75, 3.05) is 10.6 Å². The zero-order valence-electron chi connectivity index (χ0n) is 10.6. The molecule has 0 atom stereocenters. The molecule has 2 aromatic rings. The number of nitrogens with one attached hydrogen (secondary N) is 2. The summed E-state index contributed by atoms with van der Waals surface area (Å²) in [7, 11) is 0. The van der Waals surface area contributed by atoms with Crippen molar-refractivity contribution in [1.29, 1.82) is 0 Å². The molecule has 0 saturated heterocycles. The number of rotatable bonds is 4. The second-order valence-corrected chi connectivity index (χ2v) is 4.01. The Morgan fingerprint density at radius 1 is 1.30 bits per heavy atom. The molecule has 104 valence electrons. The van der Waals surface area contributed by atoms with Gasteiger partial charge in [-0.3, -0.25) is 9.59 Å². The minimum atomic E-state index is -0.515. The van der Waals surface area contributed by atoms with Gasteiger partial charge in [0.15, 0.2) is 5.82 Å². The molecule has 20 heavy (non-hydrogen) atoms. The van der Waals surface area contributed by atoms with Crippen molar-refractivity contribution in [3.63, 3.8) is 0 Å². The summed E-state index contributed by atoms with van der Waals surface area (Å²) >= 11 is 0. The number of anilines is 2. The van der Waals surface area contributed by atoms with E-state index in [2.05, 4.69) is 20.9 Å². The Bertz CT molecular complexity index is 640. The van der Waals surface area contributed by atoms with Gasteiger partial charge in [-0.15, -0.1) is 5.10 Å². The molecule has 0 bridgehead atoms. The average Bonchev–Trinajstić information content (AvgIpc) is 2.78. The smallest absolute Gasteiger partial charge is 0.246 e. The summed E-state index contributed by atoms with van der Waals surface area (Å²) in [6, 6.07) is 5.85. The topological polar surface area (TPSA) is 88.9 Å². The number of para-hydroxylation sites is 1. The second-order valence-electron chi connectivity index (χ2n) is 4.01. The molecule has 0 spiro atoms. The molecule has 1 aromatic heterocycles. The number of aromatic nitrogens is 3. The molecule has 1 aromatic carbocycles. The van der Waals surface area contributed by atoms with E-state index in [1.807, 2.05) is 0 Å². The number of nitrogens with zero attached hydrogens (tertiary/aromatic N) is 3. The van der Waals surface area contributed by atoms with Crippen molar-refractivity contribution in [2.24, 2.45) is 0 Å². The first kappa shape index (κ1) is 13.7. The lowest BCUT2D eigenvalue weighted by Crippen LogP contribution is -2.19. The Morgan fingerprint density at radius 2 is 2.05 bits per heavy atom.